The van der Waals surface area contributed by atoms with Crippen molar-refractivity contribution in [3.8, 4) is 6.07 Å². The minimum Gasteiger partial charge on any atom is -0.351 e. The van der Waals surface area contributed by atoms with E-state index in [0.29, 0.717) is 30.7 Å². The first-order chi connectivity index (χ1) is 16.4. The maximum absolute atomic E-state index is 13.0. The molecule has 0 bridgehead atoms. The Labute approximate surface area is 204 Å². The number of carbonyl (C=O) groups is 2. The maximum atomic E-state index is 13.0. The van der Waals surface area contributed by atoms with Crippen LogP contribution in [0.15, 0.2) is 58.6 Å². The molecule has 0 radical (unpaired) electrons. The number of pyridine rings is 1. The topological polar surface area (TPSA) is 129 Å². The van der Waals surface area contributed by atoms with E-state index in [2.05, 4.69) is 15.6 Å². The summed E-state index contributed by atoms with van der Waals surface area (Å²) in [7, 11) is -3.55. The Morgan fingerprint density at radius 3 is 2.47 bits per heavy atom. The molecule has 2 atom stereocenters. The van der Waals surface area contributed by atoms with Crippen LogP contribution in [0.25, 0.3) is 0 Å². The van der Waals surface area contributed by atoms with Crippen LogP contribution in [0.4, 0.5) is 0 Å². The number of nitrogens with one attached hydrogen (secondary N) is 2. The molecule has 1 aliphatic rings. The van der Waals surface area contributed by atoms with Crippen LogP contribution in [0, 0.1) is 23.2 Å². The molecule has 1 saturated carbocycles. The highest BCUT2D eigenvalue weighted by atomic mass is 32.2. The molecule has 34 heavy (non-hydrogen) atoms. The quantitative estimate of drug-likeness (QED) is 0.291. The van der Waals surface area contributed by atoms with E-state index in [-0.39, 0.29) is 40.8 Å². The van der Waals surface area contributed by atoms with Crippen molar-refractivity contribution in [2.45, 2.75) is 35.5 Å². The smallest absolute Gasteiger partial charge is 0.251 e. The van der Waals surface area contributed by atoms with E-state index in [1.165, 1.54) is 11.8 Å². The number of hydrogen-bond donors (Lipinski definition) is 2. The Balaban J connectivity index is 1.52. The van der Waals surface area contributed by atoms with Crippen molar-refractivity contribution < 1.29 is 18.0 Å². The van der Waals surface area contributed by atoms with Gasteiger partial charge in [0, 0.05) is 41.1 Å². The second kappa shape index (κ2) is 12.5. The SMILES string of the molecule is N#CCNC(=O)C1CCCCC1CS(=O)(=O)c1ccc(SCCNC(=O)c2ccncc2)cc1. The van der Waals surface area contributed by atoms with Crippen LogP contribution in [0.1, 0.15) is 36.0 Å². The molecule has 2 amide bonds. The second-order valence-electron chi connectivity index (χ2n) is 8.12. The van der Waals surface area contributed by atoms with Gasteiger partial charge in [0.2, 0.25) is 5.91 Å². The van der Waals surface area contributed by atoms with Gasteiger partial charge in [-0.15, -0.1) is 11.8 Å². The van der Waals surface area contributed by atoms with Crippen molar-refractivity contribution in [1.82, 2.24) is 15.6 Å². The monoisotopic (exact) mass is 500 g/mol. The predicted molar refractivity (Wildman–Crippen MR) is 130 cm³/mol. The minimum atomic E-state index is -3.55. The first-order valence-electron chi connectivity index (χ1n) is 11.2. The fraction of sp³-hybridized carbons (Fsp3) is 0.417. The second-order valence-corrected chi connectivity index (χ2v) is 11.3. The summed E-state index contributed by atoms with van der Waals surface area (Å²) < 4.78 is 26.0. The summed E-state index contributed by atoms with van der Waals surface area (Å²) in [5.41, 5.74) is 0.553. The molecule has 2 unspecified atom stereocenters. The number of thioether (sulfide) groups is 1. The van der Waals surface area contributed by atoms with Gasteiger partial charge < -0.3 is 10.6 Å². The van der Waals surface area contributed by atoms with Gasteiger partial charge in [-0.25, -0.2) is 8.42 Å². The van der Waals surface area contributed by atoms with Gasteiger partial charge in [-0.1, -0.05) is 12.8 Å². The number of benzene rings is 1. The molecule has 180 valence electrons. The number of rotatable bonds is 10. The van der Waals surface area contributed by atoms with Crippen LogP contribution < -0.4 is 10.6 Å². The van der Waals surface area contributed by atoms with Gasteiger partial charge in [0.25, 0.3) is 5.91 Å². The lowest BCUT2D eigenvalue weighted by Crippen LogP contribution is -2.39. The van der Waals surface area contributed by atoms with Gasteiger partial charge in [-0.3, -0.25) is 14.6 Å². The molecule has 0 aliphatic heterocycles. The fourth-order valence-electron chi connectivity index (χ4n) is 4.07. The van der Waals surface area contributed by atoms with Gasteiger partial charge in [0.05, 0.1) is 16.7 Å². The largest absolute Gasteiger partial charge is 0.351 e. The Hall–Kier alpha value is -2.90. The van der Waals surface area contributed by atoms with Crippen molar-refractivity contribution in [3.05, 3.63) is 54.4 Å². The lowest BCUT2D eigenvalue weighted by Gasteiger charge is -2.30. The molecule has 0 spiro atoms. The lowest BCUT2D eigenvalue weighted by molar-refractivity contribution is -0.127. The van der Waals surface area contributed by atoms with Crippen LogP contribution in [-0.4, -0.2) is 49.8 Å². The molecular formula is C24H28N4O4S2. The maximum Gasteiger partial charge on any atom is 0.251 e. The minimum absolute atomic E-state index is 0.0681. The van der Waals surface area contributed by atoms with Crippen LogP contribution in [0.3, 0.4) is 0 Å². The molecular weight excluding hydrogens is 472 g/mol. The third kappa shape index (κ3) is 7.30. The van der Waals surface area contributed by atoms with Gasteiger partial charge in [-0.2, -0.15) is 5.26 Å². The molecule has 1 aliphatic carbocycles. The molecule has 3 rings (SSSR count). The van der Waals surface area contributed by atoms with E-state index in [9.17, 15) is 18.0 Å². The summed E-state index contributed by atoms with van der Waals surface area (Å²) in [5, 5.41) is 14.1. The summed E-state index contributed by atoms with van der Waals surface area (Å²) in [6, 6.07) is 11.9. The standard InChI is InChI=1S/C24H28N4O4S2/c25-11-14-27-24(30)22-4-2-1-3-19(22)17-34(31,32)21-7-5-20(6-8-21)33-16-15-28-23(29)18-9-12-26-13-10-18/h5-10,12-13,19,22H,1-4,14-17H2,(H,27,30)(H,28,29). The van der Waals surface area contributed by atoms with E-state index < -0.39 is 9.84 Å². The average molecular weight is 501 g/mol. The summed E-state index contributed by atoms with van der Waals surface area (Å²) in [4.78, 5) is 29.5. The zero-order valence-electron chi connectivity index (χ0n) is 18.8. The van der Waals surface area contributed by atoms with Gasteiger partial charge in [0.1, 0.15) is 6.54 Å². The number of hydrogen-bond acceptors (Lipinski definition) is 7. The first-order valence-corrected chi connectivity index (χ1v) is 13.8. The summed E-state index contributed by atoms with van der Waals surface area (Å²) in [6.07, 6.45) is 6.24. The van der Waals surface area contributed by atoms with Crippen LogP contribution in [0.5, 0.6) is 0 Å². The molecule has 2 N–H and O–H groups in total. The van der Waals surface area contributed by atoms with Crippen molar-refractivity contribution >= 4 is 33.4 Å². The van der Waals surface area contributed by atoms with Crippen molar-refractivity contribution in [3.63, 3.8) is 0 Å². The van der Waals surface area contributed by atoms with Crippen molar-refractivity contribution in [2.24, 2.45) is 11.8 Å². The lowest BCUT2D eigenvalue weighted by atomic mass is 9.80. The fourth-order valence-corrected chi connectivity index (χ4v) is 6.54. The van der Waals surface area contributed by atoms with E-state index in [4.69, 9.17) is 5.26 Å². The first kappa shape index (κ1) is 25.7. The van der Waals surface area contributed by atoms with Crippen LogP contribution in [-0.2, 0) is 14.6 Å². The third-order valence-electron chi connectivity index (χ3n) is 5.80. The normalized spacial score (nSPS) is 18.0. The van der Waals surface area contributed by atoms with E-state index in [0.717, 1.165) is 17.7 Å². The molecule has 1 aromatic carbocycles. The molecule has 8 nitrogen and oxygen atoms in total. The molecule has 1 heterocycles. The molecule has 10 heteroatoms. The summed E-state index contributed by atoms with van der Waals surface area (Å²) in [5.74, 6) is -0.462. The number of carbonyl (C=O) groups excluding carboxylic acids is 2. The highest BCUT2D eigenvalue weighted by molar-refractivity contribution is 7.99. The molecule has 0 saturated heterocycles. The van der Waals surface area contributed by atoms with Crippen molar-refractivity contribution in [1.29, 1.82) is 5.26 Å². The Bertz CT molecular complexity index is 1120. The van der Waals surface area contributed by atoms with Crippen molar-refractivity contribution in [2.75, 3.05) is 24.6 Å². The van der Waals surface area contributed by atoms with Crippen LogP contribution >= 0.6 is 11.8 Å². The van der Waals surface area contributed by atoms with E-state index in [1.807, 2.05) is 6.07 Å². The predicted octanol–water partition coefficient (Wildman–Crippen LogP) is 2.82. The zero-order valence-corrected chi connectivity index (χ0v) is 20.4. The van der Waals surface area contributed by atoms with E-state index >= 15 is 0 Å². The molecule has 2 aromatic rings. The van der Waals surface area contributed by atoms with Gasteiger partial charge in [0.15, 0.2) is 9.84 Å². The Kier molecular flexibility index (Phi) is 9.48. The number of aromatic nitrogens is 1. The highest BCUT2D eigenvalue weighted by Gasteiger charge is 2.34. The van der Waals surface area contributed by atoms with Gasteiger partial charge in [-0.05, 0) is 55.2 Å². The summed E-state index contributed by atoms with van der Waals surface area (Å²) in [6.45, 7) is 0.407. The van der Waals surface area contributed by atoms with Gasteiger partial charge >= 0.3 is 0 Å². The Morgan fingerprint density at radius 2 is 1.76 bits per heavy atom. The van der Waals surface area contributed by atoms with Crippen LogP contribution in [0.2, 0.25) is 0 Å². The number of nitriles is 1. The van der Waals surface area contributed by atoms with E-state index in [1.54, 1.807) is 48.8 Å². The zero-order chi connectivity index (χ0) is 24.4. The molecule has 1 aromatic heterocycles. The highest BCUT2D eigenvalue weighted by Crippen LogP contribution is 2.33. The number of sulfone groups is 1. The number of amides is 2. The number of nitrogens with zero attached hydrogens (tertiary/aromatic N) is 2. The third-order valence-corrected chi connectivity index (χ3v) is 8.67. The molecule has 1 fully saturated rings. The summed E-state index contributed by atoms with van der Waals surface area (Å²) >= 11 is 1.52. The average Bonchev–Trinajstić information content (AvgIpc) is 2.86. The Morgan fingerprint density at radius 1 is 1.06 bits per heavy atom.